The van der Waals surface area contributed by atoms with Crippen LogP contribution in [0.25, 0.3) is 0 Å². The highest BCUT2D eigenvalue weighted by molar-refractivity contribution is 5.14. The van der Waals surface area contributed by atoms with Gasteiger partial charge in [0.2, 0.25) is 0 Å². The number of aliphatic hydroxyl groups is 1. The van der Waals surface area contributed by atoms with E-state index in [1.54, 1.807) is 0 Å². The number of aliphatic hydroxyl groups excluding tert-OH is 1. The van der Waals surface area contributed by atoms with E-state index < -0.39 is 12.8 Å². The number of rotatable bonds is 6. The molecule has 0 aliphatic heterocycles. The number of hydrogen-bond donors (Lipinski definition) is 1. The van der Waals surface area contributed by atoms with Crippen LogP contribution in [0, 0.1) is 46.3 Å². The minimum atomic E-state index is -0.789. The van der Waals surface area contributed by atoms with E-state index in [0.717, 1.165) is 30.3 Å². The van der Waals surface area contributed by atoms with Crippen molar-refractivity contribution in [2.24, 2.45) is 46.3 Å². The maximum atomic E-state index is 13.3. The van der Waals surface area contributed by atoms with Crippen LogP contribution >= 0.6 is 0 Å². The van der Waals surface area contributed by atoms with Gasteiger partial charge in [-0.15, -0.1) is 0 Å². The molecular weight excluding hydrogens is 411 g/mol. The molecule has 2 nitrogen and oxygen atoms in total. The summed E-state index contributed by atoms with van der Waals surface area (Å²) in [6.45, 7) is 7.36. The van der Waals surface area contributed by atoms with E-state index in [9.17, 15) is 9.50 Å². The zero-order chi connectivity index (χ0) is 23.2. The molecule has 4 fully saturated rings. The van der Waals surface area contributed by atoms with Crippen molar-refractivity contribution in [3.05, 3.63) is 35.9 Å². The fourth-order valence-corrected chi connectivity index (χ4v) is 9.47. The van der Waals surface area contributed by atoms with Crippen molar-refractivity contribution < 1.29 is 14.2 Å². The molecule has 5 unspecified atom stereocenters. The van der Waals surface area contributed by atoms with Gasteiger partial charge in [0, 0.05) is 0 Å². The van der Waals surface area contributed by atoms with Crippen LogP contribution in [0.1, 0.15) is 84.1 Å². The summed E-state index contributed by atoms with van der Waals surface area (Å²) in [7, 11) is 0. The van der Waals surface area contributed by atoms with Gasteiger partial charge in [-0.3, -0.25) is 0 Å². The topological polar surface area (TPSA) is 29.5 Å². The quantitative estimate of drug-likeness (QED) is 0.490. The first kappa shape index (κ1) is 23.8. The summed E-state index contributed by atoms with van der Waals surface area (Å²) < 4.78 is 19.7. The number of fused-ring (bicyclic) bond motifs is 5. The van der Waals surface area contributed by atoms with Crippen LogP contribution in [0.3, 0.4) is 0 Å². The van der Waals surface area contributed by atoms with Gasteiger partial charge in [-0.2, -0.15) is 0 Å². The summed E-state index contributed by atoms with van der Waals surface area (Å²) in [6, 6.07) is 10.6. The van der Waals surface area contributed by atoms with Gasteiger partial charge in [-0.05, 0) is 110 Å². The zero-order valence-electron chi connectivity index (χ0n) is 21.0. The van der Waals surface area contributed by atoms with Crippen molar-refractivity contribution in [3.8, 4) is 0 Å². The third-order valence-electron chi connectivity index (χ3n) is 11.4. The Morgan fingerprint density at radius 2 is 1.70 bits per heavy atom. The Labute approximate surface area is 200 Å². The van der Waals surface area contributed by atoms with Crippen LogP contribution in [0.2, 0.25) is 0 Å². The predicted molar refractivity (Wildman–Crippen MR) is 131 cm³/mol. The van der Waals surface area contributed by atoms with Crippen LogP contribution in [0.5, 0.6) is 0 Å². The molecule has 4 aliphatic rings. The van der Waals surface area contributed by atoms with E-state index in [0.29, 0.717) is 17.4 Å². The van der Waals surface area contributed by atoms with E-state index in [4.69, 9.17) is 4.74 Å². The summed E-state index contributed by atoms with van der Waals surface area (Å²) in [5, 5.41) is 10.3. The van der Waals surface area contributed by atoms with Gasteiger partial charge in [-0.25, -0.2) is 4.39 Å². The highest BCUT2D eigenvalue weighted by atomic mass is 19.1. The molecule has 0 spiro atoms. The second kappa shape index (κ2) is 9.26. The predicted octanol–water partition coefficient (Wildman–Crippen LogP) is 7.20. The first-order valence-corrected chi connectivity index (χ1v) is 13.8. The van der Waals surface area contributed by atoms with E-state index in [2.05, 4.69) is 51.1 Å². The first-order chi connectivity index (χ1) is 15.9. The Morgan fingerprint density at radius 1 is 0.970 bits per heavy atom. The molecule has 0 bridgehead atoms. The number of alkyl halides is 1. The Balaban J connectivity index is 1.25. The lowest BCUT2D eigenvalue weighted by Gasteiger charge is -2.61. The van der Waals surface area contributed by atoms with Gasteiger partial charge in [0.1, 0.15) is 6.67 Å². The molecule has 4 saturated carbocycles. The van der Waals surface area contributed by atoms with Crippen LogP contribution in [0.15, 0.2) is 30.3 Å². The molecule has 0 heterocycles. The first-order valence-electron chi connectivity index (χ1n) is 13.8. The lowest BCUT2D eigenvalue weighted by Crippen LogP contribution is -2.54. The lowest BCUT2D eigenvalue weighted by atomic mass is 9.44. The highest BCUT2D eigenvalue weighted by Gasteiger charge is 2.61. The monoisotopic (exact) mass is 456 g/mol. The van der Waals surface area contributed by atoms with Crippen molar-refractivity contribution in [3.63, 3.8) is 0 Å². The summed E-state index contributed by atoms with van der Waals surface area (Å²) in [4.78, 5) is 0. The number of halogens is 1. The van der Waals surface area contributed by atoms with Crippen molar-refractivity contribution in [1.82, 2.24) is 0 Å². The molecule has 1 aromatic carbocycles. The van der Waals surface area contributed by atoms with E-state index >= 15 is 0 Å². The van der Waals surface area contributed by atoms with E-state index in [1.807, 2.05) is 0 Å². The van der Waals surface area contributed by atoms with Gasteiger partial charge in [0.15, 0.2) is 0 Å². The average molecular weight is 457 g/mol. The fourth-order valence-electron chi connectivity index (χ4n) is 9.47. The standard InChI is InChI=1S/C30H45FO2/c1-20(28(32)18-31)25-11-12-26-24-10-9-22-17-23(33-19-21-7-5-4-6-8-21)13-15-29(22,2)27(24)14-16-30(25,26)3/h4-8,20,22-28,32H,9-19H2,1-3H3/t20-,22+,23?,24-,25?,26?,27?,28?,29-,30+/m0/s1. The lowest BCUT2D eigenvalue weighted by molar-refractivity contribution is -0.140. The Morgan fingerprint density at radius 3 is 2.45 bits per heavy atom. The van der Waals surface area contributed by atoms with Crippen molar-refractivity contribution in [2.45, 2.75) is 97.4 Å². The molecule has 0 radical (unpaired) electrons. The van der Waals surface area contributed by atoms with Crippen LogP contribution in [-0.2, 0) is 11.3 Å². The number of hydrogen-bond acceptors (Lipinski definition) is 2. The van der Waals surface area contributed by atoms with E-state index in [1.165, 1.54) is 63.4 Å². The molecule has 10 atom stereocenters. The van der Waals surface area contributed by atoms with Crippen molar-refractivity contribution in [2.75, 3.05) is 6.67 Å². The van der Waals surface area contributed by atoms with Crippen LogP contribution < -0.4 is 0 Å². The van der Waals surface area contributed by atoms with E-state index in [-0.39, 0.29) is 11.3 Å². The van der Waals surface area contributed by atoms with Gasteiger partial charge in [0.25, 0.3) is 0 Å². The van der Waals surface area contributed by atoms with Gasteiger partial charge < -0.3 is 9.84 Å². The second-order valence-electron chi connectivity index (χ2n) is 12.7. The summed E-state index contributed by atoms with van der Waals surface area (Å²) in [5.41, 5.74) is 2.03. The number of ether oxygens (including phenoxy) is 1. The summed E-state index contributed by atoms with van der Waals surface area (Å²) in [6.07, 6.45) is 11.1. The Hall–Kier alpha value is -0.930. The van der Waals surface area contributed by atoms with Gasteiger partial charge in [-0.1, -0.05) is 51.1 Å². The van der Waals surface area contributed by atoms with Crippen molar-refractivity contribution in [1.29, 1.82) is 0 Å². The molecule has 184 valence electrons. The normalized spacial score (nSPS) is 44.4. The molecule has 5 rings (SSSR count). The summed E-state index contributed by atoms with van der Waals surface area (Å²) >= 11 is 0. The Bertz CT molecular complexity index is 798. The maximum absolute atomic E-state index is 13.3. The molecule has 0 saturated heterocycles. The Kier molecular flexibility index (Phi) is 6.68. The van der Waals surface area contributed by atoms with Crippen molar-refractivity contribution >= 4 is 0 Å². The second-order valence-corrected chi connectivity index (χ2v) is 12.7. The van der Waals surface area contributed by atoms with Gasteiger partial charge >= 0.3 is 0 Å². The van der Waals surface area contributed by atoms with Gasteiger partial charge in [0.05, 0.1) is 18.8 Å². The largest absolute Gasteiger partial charge is 0.390 e. The fraction of sp³-hybridized carbons (Fsp3) is 0.800. The molecule has 33 heavy (non-hydrogen) atoms. The molecule has 1 N–H and O–H groups in total. The molecule has 4 aliphatic carbocycles. The number of benzene rings is 1. The molecule has 0 aromatic heterocycles. The molecule has 3 heteroatoms. The molecular formula is C30H45FO2. The highest BCUT2D eigenvalue weighted by Crippen LogP contribution is 2.68. The summed E-state index contributed by atoms with van der Waals surface area (Å²) in [5.74, 6) is 3.77. The van der Waals surface area contributed by atoms with Crippen LogP contribution in [-0.4, -0.2) is 24.0 Å². The third-order valence-corrected chi connectivity index (χ3v) is 11.4. The third kappa shape index (κ3) is 4.10. The minimum absolute atomic E-state index is 0.0747. The average Bonchev–Trinajstić information content (AvgIpc) is 3.19. The molecule has 1 aromatic rings. The maximum Gasteiger partial charge on any atom is 0.116 e. The SMILES string of the molecule is C[C@H](C(O)CF)C1CCC2[C@@H]3CC[C@@H]4CC(OCc5ccccc5)CC[C@]4(C)C3CC[C@]12C. The van der Waals surface area contributed by atoms with Crippen LogP contribution in [0.4, 0.5) is 4.39 Å². The minimum Gasteiger partial charge on any atom is -0.390 e. The zero-order valence-corrected chi connectivity index (χ0v) is 21.0. The molecule has 0 amide bonds. The smallest absolute Gasteiger partial charge is 0.116 e.